The van der Waals surface area contributed by atoms with Gasteiger partial charge in [-0.25, -0.2) is 14.8 Å². The molecule has 0 fully saturated rings. The normalized spacial score (nSPS) is 11.0. The summed E-state index contributed by atoms with van der Waals surface area (Å²) in [5, 5.41) is 0. The van der Waals surface area contributed by atoms with E-state index in [2.05, 4.69) is 35.5 Å². The van der Waals surface area contributed by atoms with Crippen molar-refractivity contribution < 1.29 is 9.53 Å². The topological polar surface area (TPSA) is 57.0 Å². The molecule has 0 aliphatic heterocycles. The first-order chi connectivity index (χ1) is 14.6. The van der Waals surface area contributed by atoms with Crippen molar-refractivity contribution in [2.24, 2.45) is 0 Å². The van der Waals surface area contributed by atoms with Crippen molar-refractivity contribution in [3.63, 3.8) is 0 Å². The molecule has 2 heterocycles. The molecule has 30 heavy (non-hydrogen) atoms. The second-order valence-corrected chi connectivity index (χ2v) is 7.40. The van der Waals surface area contributed by atoms with Crippen LogP contribution in [0.3, 0.4) is 0 Å². The number of ether oxygens (including phenoxy) is 1. The molecular weight excluding hydrogens is 374 g/mol. The summed E-state index contributed by atoms with van der Waals surface area (Å²) in [6.07, 6.45) is 3.80. The van der Waals surface area contributed by atoms with E-state index in [-0.39, 0.29) is 5.97 Å². The summed E-state index contributed by atoms with van der Waals surface area (Å²) in [6, 6.07) is 17.8. The molecule has 152 valence electrons. The number of rotatable bonds is 6. The first-order valence-corrected chi connectivity index (χ1v) is 10.2. The molecule has 5 heteroatoms. The minimum absolute atomic E-state index is 0.329. The van der Waals surface area contributed by atoms with Gasteiger partial charge < -0.3 is 9.30 Å². The number of carbonyl (C=O) groups excluding carboxylic acids is 1. The third-order valence-corrected chi connectivity index (χ3v) is 5.33. The van der Waals surface area contributed by atoms with Crippen LogP contribution < -0.4 is 0 Å². The van der Waals surface area contributed by atoms with Crippen molar-refractivity contribution >= 4 is 17.1 Å². The van der Waals surface area contributed by atoms with Gasteiger partial charge in [-0.3, -0.25) is 0 Å². The number of benzene rings is 2. The van der Waals surface area contributed by atoms with Gasteiger partial charge in [0.15, 0.2) is 5.65 Å². The number of aryl methyl sites for hydroxylation is 2. The largest absolute Gasteiger partial charge is 0.465 e. The van der Waals surface area contributed by atoms with Crippen LogP contribution >= 0.6 is 0 Å². The Kier molecular flexibility index (Phi) is 5.61. The number of hydrogen-bond acceptors (Lipinski definition) is 4. The summed E-state index contributed by atoms with van der Waals surface area (Å²) in [4.78, 5) is 21.5. The Morgan fingerprint density at radius 1 is 1.07 bits per heavy atom. The highest BCUT2D eigenvalue weighted by Crippen LogP contribution is 2.26. The van der Waals surface area contributed by atoms with Crippen LogP contribution in [0.5, 0.6) is 0 Å². The maximum atomic E-state index is 12.1. The van der Waals surface area contributed by atoms with E-state index in [1.165, 1.54) is 7.11 Å². The van der Waals surface area contributed by atoms with Crippen molar-refractivity contribution in [3.05, 3.63) is 83.3 Å². The fraction of sp³-hybridized carbons (Fsp3) is 0.240. The average Bonchev–Trinajstić information content (AvgIpc) is 3.12. The zero-order valence-electron chi connectivity index (χ0n) is 17.6. The zero-order valence-corrected chi connectivity index (χ0v) is 17.6. The van der Waals surface area contributed by atoms with E-state index in [9.17, 15) is 4.79 Å². The maximum Gasteiger partial charge on any atom is 0.338 e. The summed E-state index contributed by atoms with van der Waals surface area (Å²) in [5.74, 6) is 0.736. The van der Waals surface area contributed by atoms with Gasteiger partial charge in [-0.05, 0) is 47.7 Å². The summed E-state index contributed by atoms with van der Waals surface area (Å²) in [6.45, 7) is 4.95. The van der Waals surface area contributed by atoms with Gasteiger partial charge in [-0.15, -0.1) is 0 Å². The Labute approximate surface area is 176 Å². The lowest BCUT2D eigenvalue weighted by Crippen LogP contribution is -2.06. The molecule has 0 atom stereocenters. The first-order valence-electron chi connectivity index (χ1n) is 10.2. The van der Waals surface area contributed by atoms with Crippen molar-refractivity contribution in [3.8, 4) is 11.1 Å². The maximum absolute atomic E-state index is 12.1. The number of hydrogen-bond donors (Lipinski definition) is 0. The highest BCUT2D eigenvalue weighted by atomic mass is 16.5. The van der Waals surface area contributed by atoms with Gasteiger partial charge in [0.05, 0.1) is 19.2 Å². The molecule has 0 spiro atoms. The van der Waals surface area contributed by atoms with Gasteiger partial charge in [-0.2, -0.15) is 0 Å². The molecule has 0 unspecified atom stereocenters. The van der Waals surface area contributed by atoms with Crippen LogP contribution in [0.15, 0.2) is 60.8 Å². The molecule has 0 aliphatic carbocycles. The van der Waals surface area contributed by atoms with Crippen LogP contribution in [0.2, 0.25) is 0 Å². The van der Waals surface area contributed by atoms with Crippen molar-refractivity contribution in [1.82, 2.24) is 14.5 Å². The summed E-state index contributed by atoms with van der Waals surface area (Å²) in [7, 11) is 1.40. The highest BCUT2D eigenvalue weighted by Gasteiger charge is 2.15. The molecule has 0 amide bonds. The lowest BCUT2D eigenvalue weighted by Gasteiger charge is -2.11. The number of imidazole rings is 1. The number of nitrogens with zero attached hydrogens (tertiary/aromatic N) is 3. The number of fused-ring (bicyclic) bond motifs is 1. The van der Waals surface area contributed by atoms with Crippen LogP contribution in [0.1, 0.15) is 40.7 Å². The molecule has 0 N–H and O–H groups in total. The lowest BCUT2D eigenvalue weighted by molar-refractivity contribution is 0.0601. The van der Waals surface area contributed by atoms with Crippen molar-refractivity contribution in [1.29, 1.82) is 0 Å². The third kappa shape index (κ3) is 3.71. The quantitative estimate of drug-likeness (QED) is 0.419. The second-order valence-electron chi connectivity index (χ2n) is 7.40. The fourth-order valence-corrected chi connectivity index (χ4v) is 3.76. The average molecular weight is 399 g/mol. The molecular formula is C25H25N3O2. The third-order valence-electron chi connectivity index (χ3n) is 5.33. The Balaban J connectivity index is 1.68. The monoisotopic (exact) mass is 399 g/mol. The van der Waals surface area contributed by atoms with E-state index in [4.69, 9.17) is 9.72 Å². The van der Waals surface area contributed by atoms with E-state index >= 15 is 0 Å². The smallest absolute Gasteiger partial charge is 0.338 e. The molecule has 2 aromatic carbocycles. The van der Waals surface area contributed by atoms with Gasteiger partial charge in [0, 0.05) is 12.6 Å². The van der Waals surface area contributed by atoms with Crippen LogP contribution in [0.4, 0.5) is 0 Å². The minimum Gasteiger partial charge on any atom is -0.465 e. The van der Waals surface area contributed by atoms with E-state index < -0.39 is 0 Å². The second kappa shape index (κ2) is 8.49. The Morgan fingerprint density at radius 3 is 2.57 bits per heavy atom. The van der Waals surface area contributed by atoms with E-state index in [0.717, 1.165) is 52.1 Å². The van der Waals surface area contributed by atoms with Gasteiger partial charge in [0.2, 0.25) is 0 Å². The van der Waals surface area contributed by atoms with Gasteiger partial charge >= 0.3 is 5.97 Å². The molecule has 2 aromatic heterocycles. The zero-order chi connectivity index (χ0) is 21.1. The Bertz CT molecular complexity index is 1190. The van der Waals surface area contributed by atoms with Crippen molar-refractivity contribution in [2.45, 2.75) is 33.2 Å². The summed E-state index contributed by atoms with van der Waals surface area (Å²) >= 11 is 0. The van der Waals surface area contributed by atoms with Crippen LogP contribution in [-0.2, 0) is 17.7 Å². The number of aromatic nitrogens is 3. The number of carbonyl (C=O) groups is 1. The molecule has 4 aromatic rings. The molecule has 4 rings (SSSR count). The highest BCUT2D eigenvalue weighted by molar-refractivity contribution is 5.97. The van der Waals surface area contributed by atoms with E-state index in [1.54, 1.807) is 6.07 Å². The van der Waals surface area contributed by atoms with E-state index in [1.807, 2.05) is 42.6 Å². The van der Waals surface area contributed by atoms with Crippen LogP contribution in [-0.4, -0.2) is 27.6 Å². The van der Waals surface area contributed by atoms with Crippen LogP contribution in [0.25, 0.3) is 22.3 Å². The molecule has 0 saturated heterocycles. The number of esters is 1. The van der Waals surface area contributed by atoms with Gasteiger partial charge in [0.25, 0.3) is 0 Å². The standard InChI is InChI=1S/C25H25N3O2/c1-4-7-22-27-23-17(2)14-15-26-24(23)28(22)16-18-10-12-19(13-11-18)20-8-5-6-9-21(20)25(29)30-3/h5-6,8-15H,4,7,16H2,1-3H3. The summed E-state index contributed by atoms with van der Waals surface area (Å²) in [5.41, 5.74) is 6.63. The molecule has 5 nitrogen and oxygen atoms in total. The number of methoxy groups -OCH3 is 1. The fourth-order valence-electron chi connectivity index (χ4n) is 3.76. The SMILES string of the molecule is CCCc1nc2c(C)ccnc2n1Cc1ccc(-c2ccccc2C(=O)OC)cc1. The Hall–Kier alpha value is -3.47. The van der Waals surface area contributed by atoms with E-state index in [0.29, 0.717) is 12.1 Å². The minimum atomic E-state index is -0.329. The van der Waals surface area contributed by atoms with Gasteiger partial charge in [-0.1, -0.05) is 49.4 Å². The van der Waals surface area contributed by atoms with Crippen molar-refractivity contribution in [2.75, 3.05) is 7.11 Å². The lowest BCUT2D eigenvalue weighted by atomic mass is 9.98. The predicted molar refractivity (Wildman–Crippen MR) is 119 cm³/mol. The molecule has 0 bridgehead atoms. The molecule has 0 aliphatic rings. The first kappa shape index (κ1) is 19.8. The Morgan fingerprint density at radius 2 is 1.83 bits per heavy atom. The summed E-state index contributed by atoms with van der Waals surface area (Å²) < 4.78 is 7.13. The number of pyridine rings is 1. The molecule has 0 saturated carbocycles. The predicted octanol–water partition coefficient (Wildman–Crippen LogP) is 5.19. The van der Waals surface area contributed by atoms with Crippen LogP contribution in [0, 0.1) is 6.92 Å². The van der Waals surface area contributed by atoms with Gasteiger partial charge in [0.1, 0.15) is 11.3 Å². The molecule has 0 radical (unpaired) electrons.